The molecule has 16 heavy (non-hydrogen) atoms. The Balaban J connectivity index is 2.70. The fourth-order valence-corrected chi connectivity index (χ4v) is 2.09. The highest BCUT2D eigenvalue weighted by Gasteiger charge is 2.14. The molecule has 0 spiro atoms. The van der Waals surface area contributed by atoms with Gasteiger partial charge in [-0.15, -0.1) is 0 Å². The monoisotopic (exact) mass is 240 g/mol. The lowest BCUT2D eigenvalue weighted by Gasteiger charge is -2.20. The molecule has 1 aromatic rings. The molecule has 2 nitrogen and oxygen atoms in total. The molecular weight excluding hydrogens is 220 g/mol. The van der Waals surface area contributed by atoms with Crippen LogP contribution in [0, 0.1) is 5.92 Å². The lowest BCUT2D eigenvalue weighted by molar-refractivity contribution is 0.442. The van der Waals surface area contributed by atoms with Gasteiger partial charge in [-0.2, -0.15) is 0 Å². The molecule has 1 rings (SSSR count). The van der Waals surface area contributed by atoms with Gasteiger partial charge in [0.2, 0.25) is 0 Å². The summed E-state index contributed by atoms with van der Waals surface area (Å²) in [7, 11) is 0. The summed E-state index contributed by atoms with van der Waals surface area (Å²) in [5.41, 5.74) is 12.7. The average molecular weight is 241 g/mol. The van der Waals surface area contributed by atoms with Crippen molar-refractivity contribution in [2.45, 2.75) is 25.7 Å². The van der Waals surface area contributed by atoms with Crippen LogP contribution in [0.25, 0.3) is 0 Å². The van der Waals surface area contributed by atoms with Gasteiger partial charge in [-0.3, -0.25) is 0 Å². The van der Waals surface area contributed by atoms with Crippen molar-refractivity contribution in [2.75, 3.05) is 13.1 Å². The third-order valence-corrected chi connectivity index (χ3v) is 3.37. The predicted molar refractivity (Wildman–Crippen MR) is 70.7 cm³/mol. The summed E-state index contributed by atoms with van der Waals surface area (Å²) in [5, 5.41) is 0.785. The molecule has 0 saturated heterocycles. The molecule has 0 aliphatic heterocycles. The van der Waals surface area contributed by atoms with E-state index in [1.165, 1.54) is 5.56 Å². The van der Waals surface area contributed by atoms with Crippen molar-refractivity contribution >= 4 is 11.6 Å². The van der Waals surface area contributed by atoms with Gasteiger partial charge in [-0.05, 0) is 55.5 Å². The van der Waals surface area contributed by atoms with Crippen molar-refractivity contribution in [2.24, 2.45) is 17.4 Å². The molecule has 0 fully saturated rings. The third-order valence-electron chi connectivity index (χ3n) is 3.12. The first-order chi connectivity index (χ1) is 7.71. The van der Waals surface area contributed by atoms with Crippen molar-refractivity contribution < 1.29 is 0 Å². The molecule has 0 aliphatic carbocycles. The Kier molecular flexibility index (Phi) is 5.81. The summed E-state index contributed by atoms with van der Waals surface area (Å²) >= 11 is 5.88. The Labute approximate surface area is 103 Å². The molecule has 1 unspecified atom stereocenters. The molecule has 0 saturated carbocycles. The maximum Gasteiger partial charge on any atom is 0.0406 e. The van der Waals surface area contributed by atoms with Crippen LogP contribution in [-0.4, -0.2) is 13.1 Å². The number of hydrogen-bond donors (Lipinski definition) is 2. The number of hydrogen-bond acceptors (Lipinski definition) is 2. The standard InChI is InChI=1S/C13H21ClN2/c1-2-11(7-10(8-15)9-16)12-3-5-13(14)6-4-12/h3-6,10-11H,2,7-9,15-16H2,1H3. The van der Waals surface area contributed by atoms with Gasteiger partial charge in [0.1, 0.15) is 0 Å². The summed E-state index contributed by atoms with van der Waals surface area (Å²) < 4.78 is 0. The van der Waals surface area contributed by atoms with E-state index in [1.807, 2.05) is 12.1 Å². The number of rotatable bonds is 6. The highest BCUT2D eigenvalue weighted by atomic mass is 35.5. The molecule has 0 radical (unpaired) electrons. The van der Waals surface area contributed by atoms with Gasteiger partial charge in [0.25, 0.3) is 0 Å². The van der Waals surface area contributed by atoms with E-state index in [9.17, 15) is 0 Å². The van der Waals surface area contributed by atoms with Crippen molar-refractivity contribution in [1.82, 2.24) is 0 Å². The van der Waals surface area contributed by atoms with Crippen molar-refractivity contribution in [3.8, 4) is 0 Å². The molecule has 3 heteroatoms. The second-order valence-corrected chi connectivity index (χ2v) is 4.67. The van der Waals surface area contributed by atoms with Crippen LogP contribution < -0.4 is 11.5 Å². The Morgan fingerprint density at radius 3 is 2.12 bits per heavy atom. The zero-order chi connectivity index (χ0) is 12.0. The topological polar surface area (TPSA) is 52.0 Å². The minimum atomic E-state index is 0.417. The van der Waals surface area contributed by atoms with E-state index in [0.717, 1.165) is 17.9 Å². The normalized spacial score (nSPS) is 13.1. The van der Waals surface area contributed by atoms with Gasteiger partial charge in [-0.1, -0.05) is 30.7 Å². The molecule has 0 amide bonds. The summed E-state index contributed by atoms with van der Waals surface area (Å²) in [6, 6.07) is 8.08. The minimum Gasteiger partial charge on any atom is -0.330 e. The van der Waals surface area contributed by atoms with E-state index in [0.29, 0.717) is 24.9 Å². The quantitative estimate of drug-likeness (QED) is 0.804. The van der Waals surface area contributed by atoms with E-state index in [1.54, 1.807) is 0 Å². The molecule has 90 valence electrons. The lowest BCUT2D eigenvalue weighted by atomic mass is 9.87. The molecule has 1 aromatic carbocycles. The van der Waals surface area contributed by atoms with E-state index in [-0.39, 0.29) is 0 Å². The molecule has 4 N–H and O–H groups in total. The summed E-state index contributed by atoms with van der Waals surface area (Å²) in [6.07, 6.45) is 2.17. The number of halogens is 1. The second-order valence-electron chi connectivity index (χ2n) is 4.23. The Hall–Kier alpha value is -0.570. The number of nitrogens with two attached hydrogens (primary N) is 2. The van der Waals surface area contributed by atoms with E-state index >= 15 is 0 Å². The lowest BCUT2D eigenvalue weighted by Crippen LogP contribution is -2.25. The van der Waals surface area contributed by atoms with Crippen molar-refractivity contribution in [3.63, 3.8) is 0 Å². The third kappa shape index (κ3) is 3.78. The van der Waals surface area contributed by atoms with Gasteiger partial charge >= 0.3 is 0 Å². The smallest absolute Gasteiger partial charge is 0.0406 e. The molecular formula is C13H21ClN2. The van der Waals surface area contributed by atoms with Crippen LogP contribution in [0.5, 0.6) is 0 Å². The SMILES string of the molecule is CCC(CC(CN)CN)c1ccc(Cl)cc1. The van der Waals surface area contributed by atoms with Gasteiger partial charge in [0.05, 0.1) is 0 Å². The molecule has 0 aromatic heterocycles. The van der Waals surface area contributed by atoms with Crippen molar-refractivity contribution in [1.29, 1.82) is 0 Å². The van der Waals surface area contributed by atoms with E-state index in [2.05, 4.69) is 19.1 Å². The van der Waals surface area contributed by atoms with Gasteiger partial charge in [-0.25, -0.2) is 0 Å². The van der Waals surface area contributed by atoms with Crippen LogP contribution in [0.1, 0.15) is 31.2 Å². The predicted octanol–water partition coefficient (Wildman–Crippen LogP) is 2.76. The molecule has 0 aliphatic rings. The zero-order valence-electron chi connectivity index (χ0n) is 9.83. The maximum atomic E-state index is 5.88. The van der Waals surface area contributed by atoms with Crippen molar-refractivity contribution in [3.05, 3.63) is 34.9 Å². The largest absolute Gasteiger partial charge is 0.330 e. The highest BCUT2D eigenvalue weighted by Crippen LogP contribution is 2.27. The summed E-state index contributed by atoms with van der Waals surface area (Å²) in [6.45, 7) is 3.53. The van der Waals surface area contributed by atoms with Crippen LogP contribution in [0.15, 0.2) is 24.3 Å². The van der Waals surface area contributed by atoms with Gasteiger partial charge < -0.3 is 11.5 Å². The Morgan fingerprint density at radius 2 is 1.69 bits per heavy atom. The second kappa shape index (κ2) is 6.89. The Morgan fingerprint density at radius 1 is 1.12 bits per heavy atom. The maximum absolute atomic E-state index is 5.88. The molecule has 1 atom stereocenters. The summed E-state index contributed by atoms with van der Waals surface area (Å²) in [5.74, 6) is 0.954. The van der Waals surface area contributed by atoms with Crippen LogP contribution >= 0.6 is 11.6 Å². The number of benzene rings is 1. The first kappa shape index (κ1) is 13.5. The first-order valence-corrected chi connectivity index (χ1v) is 6.24. The van der Waals surface area contributed by atoms with Crippen LogP contribution in [0.2, 0.25) is 5.02 Å². The van der Waals surface area contributed by atoms with E-state index < -0.39 is 0 Å². The van der Waals surface area contributed by atoms with Gasteiger partial charge in [0.15, 0.2) is 0 Å². The highest BCUT2D eigenvalue weighted by molar-refractivity contribution is 6.30. The Bertz CT molecular complexity index is 293. The first-order valence-electron chi connectivity index (χ1n) is 5.86. The van der Waals surface area contributed by atoms with E-state index in [4.69, 9.17) is 23.1 Å². The van der Waals surface area contributed by atoms with Gasteiger partial charge in [0, 0.05) is 5.02 Å². The average Bonchev–Trinajstić information content (AvgIpc) is 2.32. The summed E-state index contributed by atoms with van der Waals surface area (Å²) in [4.78, 5) is 0. The molecule has 0 bridgehead atoms. The fourth-order valence-electron chi connectivity index (χ4n) is 1.96. The minimum absolute atomic E-state index is 0.417. The van der Waals surface area contributed by atoms with Crippen LogP contribution in [0.3, 0.4) is 0 Å². The fraction of sp³-hybridized carbons (Fsp3) is 0.538. The molecule has 0 heterocycles. The van der Waals surface area contributed by atoms with Crippen LogP contribution in [-0.2, 0) is 0 Å². The van der Waals surface area contributed by atoms with Crippen LogP contribution in [0.4, 0.5) is 0 Å². The zero-order valence-corrected chi connectivity index (χ0v) is 10.6.